The molecule has 1 unspecified atom stereocenters. The van der Waals surface area contributed by atoms with Gasteiger partial charge < -0.3 is 14.5 Å². The number of pyridine rings is 1. The first kappa shape index (κ1) is 16.7. The summed E-state index contributed by atoms with van der Waals surface area (Å²) in [5.74, 6) is 0.764. The van der Waals surface area contributed by atoms with Crippen LogP contribution in [0.5, 0.6) is 0 Å². The van der Waals surface area contributed by atoms with Crippen LogP contribution < -0.4 is 4.90 Å². The third-order valence-corrected chi connectivity index (χ3v) is 6.16. The number of hydrogen-bond donors (Lipinski definition) is 0. The van der Waals surface area contributed by atoms with Gasteiger partial charge in [-0.05, 0) is 37.3 Å². The minimum atomic E-state index is -0.0804. The van der Waals surface area contributed by atoms with E-state index in [4.69, 9.17) is 4.74 Å². The maximum absolute atomic E-state index is 12.4. The average Bonchev–Trinajstić information content (AvgIpc) is 3.03. The summed E-state index contributed by atoms with van der Waals surface area (Å²) in [5, 5.41) is 0. The van der Waals surface area contributed by atoms with Crippen LogP contribution in [0.25, 0.3) is 0 Å². The summed E-state index contributed by atoms with van der Waals surface area (Å²) >= 11 is 0. The fourth-order valence-electron chi connectivity index (χ4n) is 4.75. The van der Waals surface area contributed by atoms with E-state index in [2.05, 4.69) is 22.0 Å². The Morgan fingerprint density at radius 3 is 2.48 bits per heavy atom. The standard InChI is InChI=1S/C20H29N3O2/c24-20-23(15-19(25-20)14-16-4-2-1-3-5-16)18-8-12-22(13-9-18)17-6-10-21-11-7-17/h6-7,10-11,16,18-19H,1-5,8-9,12-15H2. The van der Waals surface area contributed by atoms with Crippen molar-refractivity contribution in [3.63, 3.8) is 0 Å². The summed E-state index contributed by atoms with van der Waals surface area (Å²) in [4.78, 5) is 20.8. The predicted octanol–water partition coefficient (Wildman–Crippen LogP) is 3.84. The highest BCUT2D eigenvalue weighted by Gasteiger charge is 2.38. The molecule has 1 amide bonds. The Balaban J connectivity index is 1.28. The largest absolute Gasteiger partial charge is 0.444 e. The van der Waals surface area contributed by atoms with Gasteiger partial charge in [0.2, 0.25) is 0 Å². The van der Waals surface area contributed by atoms with E-state index >= 15 is 0 Å². The Hall–Kier alpha value is -1.78. The van der Waals surface area contributed by atoms with Crippen molar-refractivity contribution in [3.05, 3.63) is 24.5 Å². The second-order valence-corrected chi connectivity index (χ2v) is 7.82. The van der Waals surface area contributed by atoms with Gasteiger partial charge in [0.15, 0.2) is 0 Å². The van der Waals surface area contributed by atoms with E-state index in [0.717, 1.165) is 44.8 Å². The minimum Gasteiger partial charge on any atom is -0.444 e. The van der Waals surface area contributed by atoms with E-state index < -0.39 is 0 Å². The summed E-state index contributed by atoms with van der Waals surface area (Å²) in [6.07, 6.45) is 13.5. The SMILES string of the molecule is O=C1OC(CC2CCCCC2)CN1C1CCN(c2ccncc2)CC1. The van der Waals surface area contributed by atoms with E-state index in [1.165, 1.54) is 37.8 Å². The molecule has 1 saturated carbocycles. The van der Waals surface area contributed by atoms with E-state index in [9.17, 15) is 4.79 Å². The molecule has 3 heterocycles. The Morgan fingerprint density at radius 2 is 1.76 bits per heavy atom. The molecule has 136 valence electrons. The fourth-order valence-corrected chi connectivity index (χ4v) is 4.75. The summed E-state index contributed by atoms with van der Waals surface area (Å²) in [6, 6.07) is 4.46. The zero-order valence-electron chi connectivity index (χ0n) is 15.0. The predicted molar refractivity (Wildman–Crippen MR) is 97.6 cm³/mol. The number of nitrogens with zero attached hydrogens (tertiary/aromatic N) is 3. The Morgan fingerprint density at radius 1 is 1.04 bits per heavy atom. The van der Waals surface area contributed by atoms with E-state index in [-0.39, 0.29) is 12.2 Å². The van der Waals surface area contributed by atoms with E-state index in [1.54, 1.807) is 0 Å². The van der Waals surface area contributed by atoms with Gasteiger partial charge >= 0.3 is 6.09 Å². The molecule has 0 aromatic carbocycles. The molecule has 25 heavy (non-hydrogen) atoms. The van der Waals surface area contributed by atoms with Gasteiger partial charge in [0, 0.05) is 37.2 Å². The van der Waals surface area contributed by atoms with Gasteiger partial charge in [-0.1, -0.05) is 32.1 Å². The van der Waals surface area contributed by atoms with Crippen LogP contribution in [0.2, 0.25) is 0 Å². The third kappa shape index (κ3) is 3.91. The number of carbonyl (C=O) groups excluding carboxylic acids is 1. The molecule has 1 aromatic rings. The van der Waals surface area contributed by atoms with Crippen LogP contribution in [0.1, 0.15) is 51.4 Å². The second kappa shape index (κ2) is 7.63. The lowest BCUT2D eigenvalue weighted by Crippen LogP contribution is -2.45. The lowest BCUT2D eigenvalue weighted by atomic mass is 9.85. The number of cyclic esters (lactones) is 1. The minimum absolute atomic E-state index is 0.0804. The first-order valence-corrected chi connectivity index (χ1v) is 9.92. The number of amides is 1. The van der Waals surface area contributed by atoms with Crippen molar-refractivity contribution in [2.45, 2.75) is 63.5 Å². The summed E-state index contributed by atoms with van der Waals surface area (Å²) in [6.45, 7) is 2.78. The van der Waals surface area contributed by atoms with Gasteiger partial charge in [0.25, 0.3) is 0 Å². The second-order valence-electron chi connectivity index (χ2n) is 7.82. The van der Waals surface area contributed by atoms with Crippen molar-refractivity contribution in [3.8, 4) is 0 Å². The van der Waals surface area contributed by atoms with Crippen LogP contribution in [0.3, 0.4) is 0 Å². The molecule has 5 heteroatoms. The maximum Gasteiger partial charge on any atom is 0.410 e. The molecule has 1 atom stereocenters. The molecule has 1 aromatic heterocycles. The summed E-state index contributed by atoms with van der Waals surface area (Å²) in [7, 11) is 0. The summed E-state index contributed by atoms with van der Waals surface area (Å²) < 4.78 is 5.71. The molecule has 3 aliphatic rings. The molecular weight excluding hydrogens is 314 g/mol. The van der Waals surface area contributed by atoms with Crippen LogP contribution in [-0.4, -0.2) is 47.8 Å². The molecule has 1 aliphatic carbocycles. The first-order chi connectivity index (χ1) is 12.3. The van der Waals surface area contributed by atoms with Crippen molar-refractivity contribution in [2.75, 3.05) is 24.5 Å². The van der Waals surface area contributed by atoms with Crippen molar-refractivity contribution in [2.24, 2.45) is 5.92 Å². The lowest BCUT2D eigenvalue weighted by molar-refractivity contribution is 0.112. The van der Waals surface area contributed by atoms with Crippen LogP contribution in [0, 0.1) is 5.92 Å². The number of aromatic nitrogens is 1. The topological polar surface area (TPSA) is 45.7 Å². The molecule has 5 nitrogen and oxygen atoms in total. The number of rotatable bonds is 4. The fraction of sp³-hybridized carbons (Fsp3) is 0.700. The van der Waals surface area contributed by atoms with E-state index in [1.807, 2.05) is 17.3 Å². The van der Waals surface area contributed by atoms with Crippen molar-refractivity contribution < 1.29 is 9.53 Å². The molecule has 3 fully saturated rings. The highest BCUT2D eigenvalue weighted by molar-refractivity contribution is 5.70. The van der Waals surface area contributed by atoms with Crippen molar-refractivity contribution in [1.82, 2.24) is 9.88 Å². The smallest absolute Gasteiger partial charge is 0.410 e. The van der Waals surface area contributed by atoms with Crippen LogP contribution >= 0.6 is 0 Å². The first-order valence-electron chi connectivity index (χ1n) is 9.92. The highest BCUT2D eigenvalue weighted by Crippen LogP contribution is 2.31. The molecule has 2 aliphatic heterocycles. The van der Waals surface area contributed by atoms with Gasteiger partial charge in [0.1, 0.15) is 6.10 Å². The zero-order chi connectivity index (χ0) is 17.1. The molecule has 0 N–H and O–H groups in total. The van der Waals surface area contributed by atoms with Crippen molar-refractivity contribution in [1.29, 1.82) is 0 Å². The average molecular weight is 343 g/mol. The van der Waals surface area contributed by atoms with Gasteiger partial charge in [-0.3, -0.25) is 4.98 Å². The quantitative estimate of drug-likeness (QED) is 0.833. The highest BCUT2D eigenvalue weighted by atomic mass is 16.6. The summed E-state index contributed by atoms with van der Waals surface area (Å²) in [5.41, 5.74) is 1.23. The molecule has 0 radical (unpaired) electrons. The third-order valence-electron chi connectivity index (χ3n) is 6.16. The molecule has 0 bridgehead atoms. The van der Waals surface area contributed by atoms with Gasteiger partial charge in [-0.15, -0.1) is 0 Å². The van der Waals surface area contributed by atoms with Gasteiger partial charge in [-0.2, -0.15) is 0 Å². The molecular formula is C20H29N3O2. The van der Waals surface area contributed by atoms with Crippen LogP contribution in [0.4, 0.5) is 10.5 Å². The number of carbonyl (C=O) groups is 1. The molecule has 2 saturated heterocycles. The number of piperidine rings is 1. The Kier molecular flexibility index (Phi) is 5.09. The lowest BCUT2D eigenvalue weighted by Gasteiger charge is -2.36. The Bertz CT molecular complexity index is 566. The Labute approximate surface area is 150 Å². The zero-order valence-corrected chi connectivity index (χ0v) is 15.0. The van der Waals surface area contributed by atoms with Crippen LogP contribution in [-0.2, 0) is 4.74 Å². The normalized spacial score (nSPS) is 26.1. The van der Waals surface area contributed by atoms with Crippen molar-refractivity contribution >= 4 is 11.8 Å². The number of hydrogen-bond acceptors (Lipinski definition) is 4. The monoisotopic (exact) mass is 343 g/mol. The number of anilines is 1. The van der Waals surface area contributed by atoms with Gasteiger partial charge in [0.05, 0.1) is 6.54 Å². The number of ether oxygens (including phenoxy) is 1. The van der Waals surface area contributed by atoms with Crippen LogP contribution in [0.15, 0.2) is 24.5 Å². The van der Waals surface area contributed by atoms with E-state index in [0.29, 0.717) is 6.04 Å². The molecule has 0 spiro atoms. The van der Waals surface area contributed by atoms with Gasteiger partial charge in [-0.25, -0.2) is 4.79 Å². The maximum atomic E-state index is 12.4. The molecule has 4 rings (SSSR count).